The van der Waals surface area contributed by atoms with Crippen LogP contribution in [0.3, 0.4) is 0 Å². The summed E-state index contributed by atoms with van der Waals surface area (Å²) in [5.41, 5.74) is 8.66. The summed E-state index contributed by atoms with van der Waals surface area (Å²) in [4.78, 5) is 18.9. The van der Waals surface area contributed by atoms with E-state index in [0.29, 0.717) is 29.8 Å². The van der Waals surface area contributed by atoms with Crippen molar-refractivity contribution < 1.29 is 8.94 Å². The van der Waals surface area contributed by atoms with Crippen molar-refractivity contribution in [2.45, 2.75) is 20.4 Å². The molecule has 0 aliphatic rings. The second-order valence-corrected chi connectivity index (χ2v) is 5.97. The van der Waals surface area contributed by atoms with Gasteiger partial charge in [0.2, 0.25) is 5.82 Å². The quantitative estimate of drug-likeness (QED) is 0.584. The van der Waals surface area contributed by atoms with Crippen LogP contribution < -0.4 is 11.4 Å². The summed E-state index contributed by atoms with van der Waals surface area (Å²) in [6.45, 7) is 4.06. The van der Waals surface area contributed by atoms with Crippen molar-refractivity contribution in [2.75, 3.05) is 0 Å². The number of aromatic nitrogens is 4. The fraction of sp³-hybridized carbons (Fsp3) is 0.167. The molecule has 0 bridgehead atoms. The van der Waals surface area contributed by atoms with Gasteiger partial charge < -0.3 is 19.7 Å². The van der Waals surface area contributed by atoms with Crippen LogP contribution in [0.5, 0.6) is 0 Å². The average Bonchev–Trinajstić information content (AvgIpc) is 3.34. The minimum absolute atomic E-state index is 0.180. The van der Waals surface area contributed by atoms with E-state index < -0.39 is 0 Å². The lowest BCUT2D eigenvalue weighted by molar-refractivity contribution is 0.411. The number of hydrogen-bond donors (Lipinski definition) is 2. The Morgan fingerprint density at radius 1 is 1.23 bits per heavy atom. The monoisotopic (exact) mass is 351 g/mol. The Hall–Kier alpha value is -3.39. The van der Waals surface area contributed by atoms with E-state index in [4.69, 9.17) is 14.7 Å². The normalized spacial score (nSPS) is 11.2. The van der Waals surface area contributed by atoms with Crippen molar-refractivity contribution in [1.29, 1.82) is 0 Å². The molecule has 0 radical (unpaired) electrons. The molecule has 0 saturated carbocycles. The van der Waals surface area contributed by atoms with Gasteiger partial charge in [0.15, 0.2) is 5.76 Å². The molecule has 8 heteroatoms. The SMILES string of the molecule is Cc1cc(CN)oc1-c1nc(-c2ccc(-n3c(C)c[nH]c3=O)cc2)no1. The molecule has 0 aliphatic carbocycles. The standard InChI is InChI=1S/C18H17N5O3/c1-10-7-14(8-19)25-15(10)17-21-16(22-26-17)12-3-5-13(6-4-12)23-11(2)9-20-18(23)24/h3-7,9H,8,19H2,1-2H3,(H,20,24). The Morgan fingerprint density at radius 3 is 2.62 bits per heavy atom. The van der Waals surface area contributed by atoms with Crippen molar-refractivity contribution in [3.8, 4) is 28.7 Å². The van der Waals surface area contributed by atoms with E-state index in [0.717, 1.165) is 22.5 Å². The molecule has 0 atom stereocenters. The van der Waals surface area contributed by atoms with Gasteiger partial charge in [0.1, 0.15) is 5.76 Å². The fourth-order valence-corrected chi connectivity index (χ4v) is 2.83. The average molecular weight is 351 g/mol. The predicted octanol–water partition coefficient (Wildman–Crippen LogP) is 2.55. The van der Waals surface area contributed by atoms with Crippen LogP contribution in [0.25, 0.3) is 28.7 Å². The number of nitrogens with two attached hydrogens (primary N) is 1. The molecule has 0 spiro atoms. The van der Waals surface area contributed by atoms with Gasteiger partial charge in [0.05, 0.1) is 12.2 Å². The number of aryl methyl sites for hydroxylation is 2. The van der Waals surface area contributed by atoms with Crippen LogP contribution >= 0.6 is 0 Å². The van der Waals surface area contributed by atoms with E-state index in [1.807, 2.05) is 44.2 Å². The zero-order chi connectivity index (χ0) is 18.3. The number of furan rings is 1. The van der Waals surface area contributed by atoms with Crippen LogP contribution in [0, 0.1) is 13.8 Å². The largest absolute Gasteiger partial charge is 0.454 e. The smallest absolute Gasteiger partial charge is 0.330 e. The highest BCUT2D eigenvalue weighted by molar-refractivity contribution is 5.60. The molecule has 0 amide bonds. The number of aromatic amines is 1. The maximum absolute atomic E-state index is 11.9. The van der Waals surface area contributed by atoms with Crippen LogP contribution in [0.4, 0.5) is 0 Å². The van der Waals surface area contributed by atoms with Crippen LogP contribution in [-0.4, -0.2) is 19.7 Å². The number of nitrogens with zero attached hydrogens (tertiary/aromatic N) is 3. The molecule has 3 N–H and O–H groups in total. The lowest BCUT2D eigenvalue weighted by Crippen LogP contribution is -2.15. The Morgan fingerprint density at radius 2 is 2.00 bits per heavy atom. The maximum Gasteiger partial charge on any atom is 0.330 e. The van der Waals surface area contributed by atoms with E-state index in [1.54, 1.807) is 10.8 Å². The first kappa shape index (κ1) is 16.1. The summed E-state index contributed by atoms with van der Waals surface area (Å²) in [5, 5.41) is 4.01. The molecule has 3 aromatic heterocycles. The molecule has 4 aromatic rings. The molecular weight excluding hydrogens is 334 g/mol. The van der Waals surface area contributed by atoms with Gasteiger partial charge in [-0.3, -0.25) is 4.57 Å². The lowest BCUT2D eigenvalue weighted by atomic mass is 10.2. The first-order chi connectivity index (χ1) is 12.6. The van der Waals surface area contributed by atoms with Crippen LogP contribution in [-0.2, 0) is 6.54 Å². The lowest BCUT2D eigenvalue weighted by Gasteiger charge is -2.04. The Labute approximate surface area is 148 Å². The predicted molar refractivity (Wildman–Crippen MR) is 94.7 cm³/mol. The molecule has 132 valence electrons. The summed E-state index contributed by atoms with van der Waals surface area (Å²) in [6.07, 6.45) is 1.67. The zero-order valence-electron chi connectivity index (χ0n) is 14.3. The van der Waals surface area contributed by atoms with Gasteiger partial charge in [-0.1, -0.05) is 5.16 Å². The molecule has 8 nitrogen and oxygen atoms in total. The molecule has 1 aromatic carbocycles. The van der Waals surface area contributed by atoms with Gasteiger partial charge in [0.25, 0.3) is 5.89 Å². The van der Waals surface area contributed by atoms with Crippen molar-refractivity contribution in [2.24, 2.45) is 5.73 Å². The van der Waals surface area contributed by atoms with E-state index in [-0.39, 0.29) is 5.69 Å². The summed E-state index contributed by atoms with van der Waals surface area (Å²) >= 11 is 0. The molecule has 26 heavy (non-hydrogen) atoms. The van der Waals surface area contributed by atoms with Gasteiger partial charge in [-0.2, -0.15) is 4.98 Å². The van der Waals surface area contributed by atoms with Crippen molar-refractivity contribution in [1.82, 2.24) is 19.7 Å². The number of hydrogen-bond acceptors (Lipinski definition) is 6. The number of benzene rings is 1. The van der Waals surface area contributed by atoms with Gasteiger partial charge in [-0.15, -0.1) is 0 Å². The van der Waals surface area contributed by atoms with E-state index >= 15 is 0 Å². The number of nitrogens with one attached hydrogen (secondary N) is 1. The molecule has 0 fully saturated rings. The van der Waals surface area contributed by atoms with E-state index in [1.165, 1.54) is 0 Å². The highest BCUT2D eigenvalue weighted by Gasteiger charge is 2.17. The molecule has 0 unspecified atom stereocenters. The fourth-order valence-electron chi connectivity index (χ4n) is 2.83. The van der Waals surface area contributed by atoms with Crippen LogP contribution in [0.2, 0.25) is 0 Å². The zero-order valence-corrected chi connectivity index (χ0v) is 14.3. The second kappa shape index (κ2) is 6.16. The number of rotatable bonds is 4. The second-order valence-electron chi connectivity index (χ2n) is 5.97. The molecular formula is C18H17N5O3. The molecule has 0 aliphatic heterocycles. The van der Waals surface area contributed by atoms with Gasteiger partial charge in [-0.05, 0) is 44.2 Å². The summed E-state index contributed by atoms with van der Waals surface area (Å²) < 4.78 is 12.5. The summed E-state index contributed by atoms with van der Waals surface area (Å²) in [5.74, 6) is 1.93. The van der Waals surface area contributed by atoms with Gasteiger partial charge in [-0.25, -0.2) is 4.79 Å². The minimum atomic E-state index is -0.180. The highest BCUT2D eigenvalue weighted by Crippen LogP contribution is 2.27. The third-order valence-corrected chi connectivity index (χ3v) is 4.13. The first-order valence-corrected chi connectivity index (χ1v) is 8.08. The third kappa shape index (κ3) is 2.66. The Bertz CT molecular complexity index is 1110. The minimum Gasteiger partial charge on any atom is -0.454 e. The van der Waals surface area contributed by atoms with Crippen molar-refractivity contribution in [3.63, 3.8) is 0 Å². The molecule has 3 heterocycles. The van der Waals surface area contributed by atoms with Crippen molar-refractivity contribution in [3.05, 3.63) is 64.0 Å². The number of imidazole rings is 1. The Kier molecular flexibility index (Phi) is 3.81. The topological polar surface area (TPSA) is 116 Å². The number of H-pyrrole nitrogens is 1. The first-order valence-electron chi connectivity index (χ1n) is 8.08. The van der Waals surface area contributed by atoms with Gasteiger partial charge >= 0.3 is 5.69 Å². The van der Waals surface area contributed by atoms with Crippen LogP contribution in [0.15, 0.2) is 50.3 Å². The summed E-state index contributed by atoms with van der Waals surface area (Å²) in [6, 6.07) is 9.19. The van der Waals surface area contributed by atoms with Crippen molar-refractivity contribution >= 4 is 0 Å². The summed E-state index contributed by atoms with van der Waals surface area (Å²) in [7, 11) is 0. The third-order valence-electron chi connectivity index (χ3n) is 4.13. The van der Waals surface area contributed by atoms with E-state index in [2.05, 4.69) is 15.1 Å². The van der Waals surface area contributed by atoms with Crippen LogP contribution in [0.1, 0.15) is 17.0 Å². The van der Waals surface area contributed by atoms with Gasteiger partial charge in [0, 0.05) is 23.0 Å². The van der Waals surface area contributed by atoms with E-state index in [9.17, 15) is 4.79 Å². The molecule has 4 rings (SSSR count). The highest BCUT2D eigenvalue weighted by atomic mass is 16.5. The Balaban J connectivity index is 1.66. The molecule has 0 saturated heterocycles. The maximum atomic E-state index is 11.9.